The molecule has 1 aliphatic rings. The number of ether oxygens (including phenoxy) is 1. The van der Waals surface area contributed by atoms with E-state index in [-0.39, 0.29) is 32.4 Å². The van der Waals surface area contributed by atoms with Gasteiger partial charge in [-0.1, -0.05) is 90.8 Å². The van der Waals surface area contributed by atoms with E-state index in [0.29, 0.717) is 29.3 Å². The Labute approximate surface area is 324 Å². The first-order chi connectivity index (χ1) is 24.3. The predicted octanol–water partition coefficient (Wildman–Crippen LogP) is 12.1. The number of aryl methyl sites for hydroxylation is 1. The third kappa shape index (κ3) is 7.18. The van der Waals surface area contributed by atoms with E-state index in [4.69, 9.17) is 14.8 Å². The average Bonchev–Trinajstić information content (AvgIpc) is 3.59. The van der Waals surface area contributed by atoms with E-state index in [2.05, 4.69) is 151 Å². The summed E-state index contributed by atoms with van der Waals surface area (Å²) in [5.41, 5.74) is 10.4. The van der Waals surface area contributed by atoms with Gasteiger partial charge in [0.15, 0.2) is 0 Å². The third-order valence-electron chi connectivity index (χ3n) is 10.5. The molecule has 0 bridgehead atoms. The maximum Gasteiger partial charge on any atom is 2.00 e. The zero-order valence-electron chi connectivity index (χ0n) is 32.4. The molecule has 0 spiro atoms. The normalized spacial score (nSPS) is 16.5. The molecule has 2 atom stereocenters. The molecule has 3 heterocycles. The van der Waals surface area contributed by atoms with Crippen LogP contribution in [0.25, 0.3) is 33.3 Å². The molecule has 0 radical (unpaired) electrons. The van der Waals surface area contributed by atoms with Gasteiger partial charge in [-0.05, 0) is 85.7 Å². The molecule has 0 N–H and O–H groups in total. The first-order valence-corrected chi connectivity index (χ1v) is 18.7. The van der Waals surface area contributed by atoms with Gasteiger partial charge in [-0.3, -0.25) is 4.68 Å². The fourth-order valence-corrected chi connectivity index (χ4v) is 8.16. The SMILES string of the molecule is CC1=CCC[C@H](C)C1c1c(C)nn(-c2[c-]c(Oc3[c-]c4c(cc3)c3ccccc3n4-c3cc(CC(C)C)ccn3)cc(C(C)C)c2)c1C(C)(C)C.[Pt+2]. The quantitative estimate of drug-likeness (QED) is 0.113. The standard InChI is InChI=1S/C46H52N4O.Pt/c1-28(2)22-33-20-21-47-42(23-33)49-40-17-12-11-16-38(40)39-19-18-36(27-41(39)49)51-37-25-34(29(3)4)24-35(26-37)50-45(46(8,9)10)44(32(7)48-50)43-30(5)14-13-15-31(43)6;/h11-12,14,16-21,23-25,28-29,31,43H,13,15,22H2,1-10H3;/q-2;+2/t31-,43?;/m0./s1. The number of pyridine rings is 1. The van der Waals surface area contributed by atoms with Gasteiger partial charge in [0.25, 0.3) is 0 Å². The molecule has 52 heavy (non-hydrogen) atoms. The monoisotopic (exact) mass is 871 g/mol. The molecular weight excluding hydrogens is 820 g/mol. The van der Waals surface area contributed by atoms with Crippen molar-refractivity contribution in [3.63, 3.8) is 0 Å². The molecule has 1 aliphatic carbocycles. The van der Waals surface area contributed by atoms with Crippen LogP contribution >= 0.6 is 0 Å². The van der Waals surface area contributed by atoms with E-state index >= 15 is 0 Å². The average molecular weight is 872 g/mol. The first-order valence-electron chi connectivity index (χ1n) is 18.7. The number of allylic oxidation sites excluding steroid dienone is 2. The summed E-state index contributed by atoms with van der Waals surface area (Å²) in [7, 11) is 0. The van der Waals surface area contributed by atoms with E-state index < -0.39 is 0 Å². The number of benzene rings is 3. The summed E-state index contributed by atoms with van der Waals surface area (Å²) >= 11 is 0. The van der Waals surface area contributed by atoms with Crippen LogP contribution in [-0.2, 0) is 32.9 Å². The molecule has 6 heteroatoms. The van der Waals surface area contributed by atoms with Crippen LogP contribution in [0.1, 0.15) is 115 Å². The topological polar surface area (TPSA) is 44.9 Å². The van der Waals surface area contributed by atoms with Gasteiger partial charge in [-0.15, -0.1) is 41.3 Å². The molecule has 0 fully saturated rings. The van der Waals surface area contributed by atoms with Gasteiger partial charge in [0, 0.05) is 40.1 Å². The molecule has 3 aromatic carbocycles. The number of aromatic nitrogens is 4. The van der Waals surface area contributed by atoms with Crippen LogP contribution in [0.4, 0.5) is 0 Å². The van der Waals surface area contributed by atoms with Crippen LogP contribution in [0.3, 0.4) is 0 Å². The van der Waals surface area contributed by atoms with Crippen molar-refractivity contribution in [1.82, 2.24) is 19.3 Å². The van der Waals surface area contributed by atoms with Crippen LogP contribution < -0.4 is 4.74 Å². The first kappa shape index (κ1) is 37.8. The Morgan fingerprint density at radius 3 is 2.40 bits per heavy atom. The second-order valence-corrected chi connectivity index (χ2v) is 16.5. The minimum absolute atomic E-state index is 0. The summed E-state index contributed by atoms with van der Waals surface area (Å²) in [6.07, 6.45) is 7.69. The molecular formula is C46H52N4OPt. The number of rotatable bonds is 8. The van der Waals surface area contributed by atoms with E-state index in [0.717, 1.165) is 46.5 Å². The number of hydrogen-bond acceptors (Lipinski definition) is 3. The summed E-state index contributed by atoms with van der Waals surface area (Å²) in [6.45, 7) is 22.7. The Balaban J connectivity index is 0.00000464. The van der Waals surface area contributed by atoms with Crippen LogP contribution in [0.15, 0.2) is 78.5 Å². The molecule has 0 saturated heterocycles. The van der Waals surface area contributed by atoms with Crippen molar-refractivity contribution in [2.45, 2.75) is 106 Å². The fourth-order valence-electron chi connectivity index (χ4n) is 8.16. The fraction of sp³-hybridized carbons (Fsp3) is 0.391. The molecule has 0 aliphatic heterocycles. The van der Waals surface area contributed by atoms with Gasteiger partial charge < -0.3 is 9.30 Å². The maximum absolute atomic E-state index is 6.72. The summed E-state index contributed by atoms with van der Waals surface area (Å²) in [5.74, 6) is 3.95. The van der Waals surface area contributed by atoms with Crippen molar-refractivity contribution in [3.05, 3.63) is 119 Å². The van der Waals surface area contributed by atoms with Gasteiger partial charge in [0.2, 0.25) is 0 Å². The van der Waals surface area contributed by atoms with Crippen molar-refractivity contribution in [3.8, 4) is 23.0 Å². The Kier molecular flexibility index (Phi) is 10.8. The third-order valence-corrected chi connectivity index (χ3v) is 10.5. The zero-order chi connectivity index (χ0) is 36.2. The minimum atomic E-state index is -0.135. The van der Waals surface area contributed by atoms with Gasteiger partial charge in [0.05, 0.1) is 11.4 Å². The second-order valence-electron chi connectivity index (χ2n) is 16.5. The van der Waals surface area contributed by atoms with E-state index in [1.54, 1.807) is 0 Å². The number of nitrogens with zero attached hydrogens (tertiary/aromatic N) is 4. The van der Waals surface area contributed by atoms with Crippen LogP contribution in [0.5, 0.6) is 11.5 Å². The Morgan fingerprint density at radius 2 is 1.69 bits per heavy atom. The Bertz CT molecular complexity index is 2260. The summed E-state index contributed by atoms with van der Waals surface area (Å²) < 4.78 is 11.1. The summed E-state index contributed by atoms with van der Waals surface area (Å²) in [6, 6.07) is 28.7. The molecule has 0 amide bonds. The van der Waals surface area contributed by atoms with Crippen LogP contribution in [0, 0.1) is 30.9 Å². The Hall–Kier alpha value is -3.95. The summed E-state index contributed by atoms with van der Waals surface area (Å²) in [5, 5.41) is 7.54. The van der Waals surface area contributed by atoms with Gasteiger partial charge in [-0.25, -0.2) is 4.98 Å². The van der Waals surface area contributed by atoms with Gasteiger partial charge in [0.1, 0.15) is 5.82 Å². The molecule has 6 aromatic rings. The molecule has 1 unspecified atom stereocenters. The van der Waals surface area contributed by atoms with Gasteiger partial charge in [-0.2, -0.15) is 11.2 Å². The molecule has 0 saturated carbocycles. The molecule has 3 aromatic heterocycles. The smallest absolute Gasteiger partial charge is 0.509 e. The molecule has 7 rings (SSSR count). The predicted molar refractivity (Wildman–Crippen MR) is 211 cm³/mol. The number of para-hydroxylation sites is 1. The summed E-state index contributed by atoms with van der Waals surface area (Å²) in [4.78, 5) is 4.84. The zero-order valence-corrected chi connectivity index (χ0v) is 34.6. The maximum atomic E-state index is 6.72. The van der Waals surface area contributed by atoms with E-state index in [1.165, 1.54) is 39.8 Å². The second kappa shape index (κ2) is 14.8. The van der Waals surface area contributed by atoms with E-state index in [9.17, 15) is 0 Å². The number of fused-ring (bicyclic) bond motifs is 3. The molecule has 5 nitrogen and oxygen atoms in total. The van der Waals surface area contributed by atoms with Crippen molar-refractivity contribution in [1.29, 1.82) is 0 Å². The van der Waals surface area contributed by atoms with Crippen LogP contribution in [0.2, 0.25) is 0 Å². The van der Waals surface area contributed by atoms with Crippen molar-refractivity contribution in [2.75, 3.05) is 0 Å². The van der Waals surface area contributed by atoms with Gasteiger partial charge >= 0.3 is 21.1 Å². The Morgan fingerprint density at radius 1 is 0.923 bits per heavy atom. The van der Waals surface area contributed by atoms with Crippen molar-refractivity contribution in [2.24, 2.45) is 11.8 Å². The van der Waals surface area contributed by atoms with E-state index in [1.807, 2.05) is 12.3 Å². The van der Waals surface area contributed by atoms with Crippen molar-refractivity contribution < 1.29 is 25.8 Å². The minimum Gasteiger partial charge on any atom is -0.509 e. The van der Waals surface area contributed by atoms with Crippen molar-refractivity contribution >= 4 is 21.8 Å². The van der Waals surface area contributed by atoms with Crippen LogP contribution in [-0.4, -0.2) is 19.3 Å². The molecule has 272 valence electrons. The number of hydrogen-bond donors (Lipinski definition) is 0. The largest absolute Gasteiger partial charge is 2.00 e.